The molecule has 0 aromatic carbocycles. The predicted molar refractivity (Wildman–Crippen MR) is 44.7 cm³/mol. The maximum Gasteiger partial charge on any atom is 0.397 e. The molecule has 0 bridgehead atoms. The van der Waals surface area contributed by atoms with Gasteiger partial charge in [0, 0.05) is 6.08 Å². The van der Waals surface area contributed by atoms with Gasteiger partial charge in [0.05, 0.1) is 6.61 Å². The minimum absolute atomic E-state index is 0.444. The van der Waals surface area contributed by atoms with Crippen LogP contribution in [0, 0.1) is 0 Å². The van der Waals surface area contributed by atoms with Gasteiger partial charge < -0.3 is 9.84 Å². The van der Waals surface area contributed by atoms with Crippen LogP contribution in [0.15, 0.2) is 12.7 Å². The molecule has 0 rings (SSSR count). The molecule has 1 unspecified atom stereocenters. The average Bonchev–Trinajstić information content (AvgIpc) is 2.09. The lowest BCUT2D eigenvalue weighted by Crippen LogP contribution is -2.24. The summed E-state index contributed by atoms with van der Waals surface area (Å²) in [6.07, 6.45) is -0.447. The molecule has 0 aliphatic carbocycles. The highest BCUT2D eigenvalue weighted by Gasteiger charge is 2.12. The SMILES string of the molecule is C=CC(=O)OCC(O)COS(=O)(=O)O. The fourth-order valence-corrected chi connectivity index (χ4v) is 0.779. The number of carbonyl (C=O) groups excluding carboxylic acids is 1. The Bertz CT molecular complexity index is 293. The highest BCUT2D eigenvalue weighted by atomic mass is 32.3. The fourth-order valence-electron chi connectivity index (χ4n) is 0.450. The van der Waals surface area contributed by atoms with Crippen molar-refractivity contribution >= 4 is 16.4 Å². The Morgan fingerprint density at radius 1 is 1.50 bits per heavy atom. The number of aliphatic hydroxyl groups is 1. The Labute approximate surface area is 80.9 Å². The van der Waals surface area contributed by atoms with Crippen LogP contribution in [-0.2, 0) is 24.1 Å². The molecule has 0 saturated carbocycles. The summed E-state index contributed by atoms with van der Waals surface area (Å²) in [7, 11) is -4.58. The van der Waals surface area contributed by atoms with E-state index in [1.807, 2.05) is 0 Å². The summed E-state index contributed by atoms with van der Waals surface area (Å²) in [5, 5.41) is 8.94. The van der Waals surface area contributed by atoms with E-state index >= 15 is 0 Å². The molecule has 0 fully saturated rings. The number of ether oxygens (including phenoxy) is 1. The molecular weight excluding hydrogens is 216 g/mol. The first-order valence-electron chi connectivity index (χ1n) is 3.44. The van der Waals surface area contributed by atoms with Crippen molar-refractivity contribution in [3.05, 3.63) is 12.7 Å². The molecule has 0 spiro atoms. The van der Waals surface area contributed by atoms with Gasteiger partial charge in [-0.05, 0) is 0 Å². The summed E-state index contributed by atoms with van der Waals surface area (Å²) in [6.45, 7) is 1.97. The minimum Gasteiger partial charge on any atom is -0.460 e. The molecule has 7 nitrogen and oxygen atoms in total. The third-order valence-electron chi connectivity index (χ3n) is 0.994. The van der Waals surface area contributed by atoms with E-state index in [0.717, 1.165) is 6.08 Å². The third kappa shape index (κ3) is 7.68. The summed E-state index contributed by atoms with van der Waals surface area (Å²) in [4.78, 5) is 10.5. The molecule has 0 aliphatic rings. The van der Waals surface area contributed by atoms with Gasteiger partial charge in [-0.1, -0.05) is 6.58 Å². The first-order valence-corrected chi connectivity index (χ1v) is 4.80. The summed E-state index contributed by atoms with van der Waals surface area (Å²) >= 11 is 0. The zero-order chi connectivity index (χ0) is 11.2. The van der Waals surface area contributed by atoms with Crippen LogP contribution in [0.25, 0.3) is 0 Å². The highest BCUT2D eigenvalue weighted by molar-refractivity contribution is 7.80. The Kier molecular flexibility index (Phi) is 5.31. The first kappa shape index (κ1) is 13.0. The predicted octanol–water partition coefficient (Wildman–Crippen LogP) is -1.10. The van der Waals surface area contributed by atoms with Gasteiger partial charge in [-0.2, -0.15) is 8.42 Å². The number of hydrogen-bond donors (Lipinski definition) is 2. The Balaban J connectivity index is 3.71. The molecule has 1 atom stereocenters. The number of hydrogen-bond acceptors (Lipinski definition) is 6. The molecule has 2 N–H and O–H groups in total. The Morgan fingerprint density at radius 2 is 2.07 bits per heavy atom. The smallest absolute Gasteiger partial charge is 0.397 e. The van der Waals surface area contributed by atoms with Crippen molar-refractivity contribution < 1.29 is 31.8 Å². The van der Waals surface area contributed by atoms with Crippen LogP contribution < -0.4 is 0 Å². The molecular formula is C6H10O7S. The van der Waals surface area contributed by atoms with Crippen LogP contribution in [0.4, 0.5) is 0 Å². The molecule has 0 heterocycles. The standard InChI is InChI=1S/C6H10O7S/c1-2-6(8)12-3-5(7)4-13-14(9,10)11/h2,5,7H,1,3-4H2,(H,9,10,11). The van der Waals surface area contributed by atoms with Crippen molar-refractivity contribution in [2.45, 2.75) is 6.10 Å². The molecule has 0 aliphatic heterocycles. The third-order valence-corrected chi connectivity index (χ3v) is 1.43. The van der Waals surface area contributed by atoms with Gasteiger partial charge in [0.15, 0.2) is 0 Å². The maximum absolute atomic E-state index is 10.5. The fraction of sp³-hybridized carbons (Fsp3) is 0.500. The summed E-state index contributed by atoms with van der Waals surface area (Å²) in [5.41, 5.74) is 0. The van der Waals surface area contributed by atoms with Gasteiger partial charge in [-0.3, -0.25) is 4.55 Å². The Morgan fingerprint density at radius 3 is 2.50 bits per heavy atom. The van der Waals surface area contributed by atoms with E-state index < -0.39 is 35.7 Å². The molecule has 0 amide bonds. The van der Waals surface area contributed by atoms with Crippen LogP contribution in [0.2, 0.25) is 0 Å². The first-order chi connectivity index (χ1) is 6.35. The lowest BCUT2D eigenvalue weighted by atomic mass is 10.4. The monoisotopic (exact) mass is 226 g/mol. The molecule has 82 valence electrons. The molecule has 0 aromatic heterocycles. The second-order valence-corrected chi connectivity index (χ2v) is 3.29. The average molecular weight is 226 g/mol. The molecule has 0 radical (unpaired) electrons. The topological polar surface area (TPSA) is 110 Å². The van der Waals surface area contributed by atoms with E-state index in [1.165, 1.54) is 0 Å². The summed E-state index contributed by atoms with van der Waals surface area (Å²) in [6, 6.07) is 0. The number of esters is 1. The van der Waals surface area contributed by atoms with E-state index in [9.17, 15) is 13.2 Å². The van der Waals surface area contributed by atoms with Crippen molar-refractivity contribution in [1.29, 1.82) is 0 Å². The molecule has 0 saturated heterocycles. The summed E-state index contributed by atoms with van der Waals surface area (Å²) in [5.74, 6) is -0.754. The Hall–Kier alpha value is -0.960. The maximum atomic E-state index is 10.5. The van der Waals surface area contributed by atoms with Crippen molar-refractivity contribution in [3.8, 4) is 0 Å². The van der Waals surface area contributed by atoms with Gasteiger partial charge in [0.2, 0.25) is 0 Å². The van der Waals surface area contributed by atoms with Crippen LogP contribution in [0.5, 0.6) is 0 Å². The number of rotatable bonds is 6. The van der Waals surface area contributed by atoms with Crippen molar-refractivity contribution in [2.75, 3.05) is 13.2 Å². The highest BCUT2D eigenvalue weighted by Crippen LogP contribution is 1.92. The van der Waals surface area contributed by atoms with Crippen molar-refractivity contribution in [2.24, 2.45) is 0 Å². The molecule has 8 heteroatoms. The number of carbonyl (C=O) groups is 1. The van der Waals surface area contributed by atoms with Crippen LogP contribution in [-0.4, -0.2) is 43.4 Å². The van der Waals surface area contributed by atoms with Crippen molar-refractivity contribution in [3.63, 3.8) is 0 Å². The second kappa shape index (κ2) is 5.70. The zero-order valence-corrected chi connectivity index (χ0v) is 7.94. The van der Waals surface area contributed by atoms with Crippen LogP contribution in [0.1, 0.15) is 0 Å². The van der Waals surface area contributed by atoms with Crippen molar-refractivity contribution in [1.82, 2.24) is 0 Å². The minimum atomic E-state index is -4.58. The van der Waals surface area contributed by atoms with Crippen LogP contribution >= 0.6 is 0 Å². The largest absolute Gasteiger partial charge is 0.460 e. The number of aliphatic hydroxyl groups excluding tert-OH is 1. The van der Waals surface area contributed by atoms with Gasteiger partial charge in [-0.25, -0.2) is 8.98 Å². The van der Waals surface area contributed by atoms with Gasteiger partial charge in [0.25, 0.3) is 0 Å². The van der Waals surface area contributed by atoms with E-state index in [0.29, 0.717) is 0 Å². The lowest BCUT2D eigenvalue weighted by molar-refractivity contribution is -0.141. The van der Waals surface area contributed by atoms with Gasteiger partial charge >= 0.3 is 16.4 Å². The normalized spacial score (nSPS) is 13.3. The zero-order valence-electron chi connectivity index (χ0n) is 7.12. The van der Waals surface area contributed by atoms with E-state index in [4.69, 9.17) is 9.66 Å². The van der Waals surface area contributed by atoms with E-state index in [1.54, 1.807) is 0 Å². The molecule has 0 aromatic rings. The second-order valence-electron chi connectivity index (χ2n) is 2.20. The van der Waals surface area contributed by atoms with Crippen LogP contribution in [0.3, 0.4) is 0 Å². The summed E-state index contributed by atoms with van der Waals surface area (Å²) < 4.78 is 36.3. The lowest BCUT2D eigenvalue weighted by Gasteiger charge is -2.08. The van der Waals surface area contributed by atoms with Gasteiger partial charge in [-0.15, -0.1) is 0 Å². The van der Waals surface area contributed by atoms with E-state index in [-0.39, 0.29) is 0 Å². The van der Waals surface area contributed by atoms with E-state index in [2.05, 4.69) is 15.5 Å². The van der Waals surface area contributed by atoms with Gasteiger partial charge in [0.1, 0.15) is 12.7 Å². The molecule has 14 heavy (non-hydrogen) atoms. The quantitative estimate of drug-likeness (QED) is 0.336.